The predicted molar refractivity (Wildman–Crippen MR) is 47.8 cm³/mol. The number of aromatic carboxylic acids is 1. The molecule has 1 saturated carbocycles. The Morgan fingerprint density at radius 3 is 2.44 bits per heavy atom. The van der Waals surface area contributed by atoms with Crippen LogP contribution in [0.2, 0.25) is 0 Å². The smallest absolute Gasteiger partial charge is 0.359 e. The van der Waals surface area contributed by atoms with E-state index < -0.39 is 34.6 Å². The SMILES string of the molecule is Nn1nc(C(=O)O)c(F)c1C(=O)C1(O)CC1. The average molecular weight is 229 g/mol. The summed E-state index contributed by atoms with van der Waals surface area (Å²) in [7, 11) is 0. The second-order valence-electron chi connectivity index (χ2n) is 3.62. The Hall–Kier alpha value is -1.96. The molecule has 1 aliphatic rings. The molecule has 1 fully saturated rings. The van der Waals surface area contributed by atoms with Gasteiger partial charge in [0.05, 0.1) is 0 Å². The number of aromatic nitrogens is 2. The lowest BCUT2D eigenvalue weighted by Crippen LogP contribution is -2.28. The zero-order valence-electron chi connectivity index (χ0n) is 7.97. The number of nitrogens with two attached hydrogens (primary N) is 1. The number of hydrogen-bond acceptors (Lipinski definition) is 5. The molecule has 86 valence electrons. The highest BCUT2D eigenvalue weighted by molar-refractivity contribution is 6.04. The number of aliphatic hydroxyl groups is 1. The van der Waals surface area contributed by atoms with Gasteiger partial charge in [0.15, 0.2) is 11.5 Å². The van der Waals surface area contributed by atoms with Gasteiger partial charge in [0.25, 0.3) is 0 Å². The van der Waals surface area contributed by atoms with Crippen molar-refractivity contribution < 1.29 is 24.2 Å². The molecule has 1 aliphatic carbocycles. The third-order valence-corrected chi connectivity index (χ3v) is 2.42. The number of carboxylic acid groups (broad SMARTS) is 1. The molecule has 0 bridgehead atoms. The molecule has 2 rings (SSSR count). The van der Waals surface area contributed by atoms with E-state index >= 15 is 0 Å². The maximum atomic E-state index is 13.5. The van der Waals surface area contributed by atoms with Gasteiger partial charge in [-0.15, -0.1) is 5.10 Å². The number of ketones is 1. The third-order valence-electron chi connectivity index (χ3n) is 2.42. The highest BCUT2D eigenvalue weighted by Gasteiger charge is 2.51. The molecule has 0 atom stereocenters. The van der Waals surface area contributed by atoms with Crippen LogP contribution in [0.3, 0.4) is 0 Å². The van der Waals surface area contributed by atoms with Crippen molar-refractivity contribution in [2.75, 3.05) is 5.84 Å². The zero-order chi connectivity index (χ0) is 12.1. The summed E-state index contributed by atoms with van der Waals surface area (Å²) in [5.74, 6) is 1.29. The van der Waals surface area contributed by atoms with E-state index in [1.54, 1.807) is 0 Å². The first-order valence-corrected chi connectivity index (χ1v) is 4.41. The monoisotopic (exact) mass is 229 g/mol. The summed E-state index contributed by atoms with van der Waals surface area (Å²) in [5.41, 5.74) is -3.26. The van der Waals surface area contributed by atoms with Crippen molar-refractivity contribution in [1.29, 1.82) is 0 Å². The highest BCUT2D eigenvalue weighted by atomic mass is 19.1. The minimum absolute atomic E-state index is 0.207. The molecule has 0 radical (unpaired) electrons. The van der Waals surface area contributed by atoms with Gasteiger partial charge in [-0.2, -0.15) is 4.79 Å². The molecule has 1 aromatic rings. The van der Waals surface area contributed by atoms with E-state index in [0.29, 0.717) is 4.79 Å². The summed E-state index contributed by atoms with van der Waals surface area (Å²) in [6.07, 6.45) is 0.414. The summed E-state index contributed by atoms with van der Waals surface area (Å²) in [6.45, 7) is 0. The molecule has 8 heteroatoms. The number of halogens is 1. The van der Waals surface area contributed by atoms with Crippen LogP contribution in [0.1, 0.15) is 33.8 Å². The van der Waals surface area contributed by atoms with Crippen molar-refractivity contribution in [3.05, 3.63) is 17.2 Å². The van der Waals surface area contributed by atoms with E-state index in [9.17, 15) is 19.1 Å². The standard InChI is InChI=1S/C8H8FN3O4/c9-3-4(7(14)15)11-12(10)5(3)6(13)8(16)1-2-8/h16H,1-2,10H2,(H,14,15). The third kappa shape index (κ3) is 1.34. The molecule has 0 aromatic carbocycles. The van der Waals surface area contributed by atoms with Crippen LogP contribution in [-0.4, -0.2) is 37.5 Å². The van der Waals surface area contributed by atoms with Crippen LogP contribution in [-0.2, 0) is 0 Å². The number of rotatable bonds is 3. The molecule has 0 amide bonds. The van der Waals surface area contributed by atoms with Crippen molar-refractivity contribution in [1.82, 2.24) is 9.89 Å². The summed E-state index contributed by atoms with van der Waals surface area (Å²) in [6, 6.07) is 0. The van der Waals surface area contributed by atoms with Gasteiger partial charge in [-0.25, -0.2) is 9.18 Å². The molecule has 0 spiro atoms. The number of carbonyl (C=O) groups is 2. The van der Waals surface area contributed by atoms with Crippen molar-refractivity contribution in [2.24, 2.45) is 0 Å². The number of nitrogen functional groups attached to an aromatic ring is 1. The van der Waals surface area contributed by atoms with E-state index in [1.807, 2.05) is 0 Å². The van der Waals surface area contributed by atoms with Crippen LogP contribution in [0.5, 0.6) is 0 Å². The van der Waals surface area contributed by atoms with Gasteiger partial charge in [-0.3, -0.25) is 4.79 Å². The molecule has 16 heavy (non-hydrogen) atoms. The van der Waals surface area contributed by atoms with Gasteiger partial charge in [0, 0.05) is 0 Å². The second kappa shape index (κ2) is 3.01. The number of carboxylic acids is 1. The average Bonchev–Trinajstić information content (AvgIpc) is 2.86. The van der Waals surface area contributed by atoms with E-state index in [4.69, 9.17) is 10.9 Å². The predicted octanol–water partition coefficient (Wildman–Crippen LogP) is -0.858. The fourth-order valence-corrected chi connectivity index (χ4v) is 1.32. The maximum Gasteiger partial charge on any atom is 0.359 e. The summed E-state index contributed by atoms with van der Waals surface area (Å²) in [5, 5.41) is 21.2. The van der Waals surface area contributed by atoms with Gasteiger partial charge in [0.2, 0.25) is 11.5 Å². The minimum atomic E-state index is -1.63. The summed E-state index contributed by atoms with van der Waals surface area (Å²) < 4.78 is 13.5. The van der Waals surface area contributed by atoms with Gasteiger partial charge >= 0.3 is 5.97 Å². The van der Waals surface area contributed by atoms with Crippen molar-refractivity contribution in [3.63, 3.8) is 0 Å². The Kier molecular flexibility index (Phi) is 1.99. The molecule has 0 saturated heterocycles. The van der Waals surface area contributed by atoms with E-state index in [1.165, 1.54) is 0 Å². The van der Waals surface area contributed by atoms with E-state index in [0.717, 1.165) is 0 Å². The normalized spacial score (nSPS) is 17.1. The second-order valence-corrected chi connectivity index (χ2v) is 3.62. The number of hydrogen-bond donors (Lipinski definition) is 3. The summed E-state index contributed by atoms with van der Waals surface area (Å²) >= 11 is 0. The Morgan fingerprint density at radius 1 is 1.50 bits per heavy atom. The summed E-state index contributed by atoms with van der Waals surface area (Å²) in [4.78, 5) is 22.5. The van der Waals surface area contributed by atoms with Crippen LogP contribution in [0, 0.1) is 5.82 Å². The minimum Gasteiger partial charge on any atom is -0.476 e. The molecule has 0 unspecified atom stereocenters. The van der Waals surface area contributed by atoms with E-state index in [2.05, 4.69) is 5.10 Å². The number of carbonyl (C=O) groups excluding carboxylic acids is 1. The van der Waals surface area contributed by atoms with Crippen LogP contribution in [0.25, 0.3) is 0 Å². The molecule has 4 N–H and O–H groups in total. The Morgan fingerprint density at radius 2 is 2.06 bits per heavy atom. The van der Waals surface area contributed by atoms with Gasteiger partial charge in [0.1, 0.15) is 5.60 Å². The lowest BCUT2D eigenvalue weighted by molar-refractivity contribution is 0.0675. The molecule has 1 aromatic heterocycles. The Bertz CT molecular complexity index is 492. The van der Waals surface area contributed by atoms with Crippen molar-refractivity contribution in [2.45, 2.75) is 18.4 Å². The number of nitrogens with zero attached hydrogens (tertiary/aromatic N) is 2. The fraction of sp³-hybridized carbons (Fsp3) is 0.375. The van der Waals surface area contributed by atoms with Crippen molar-refractivity contribution >= 4 is 11.8 Å². The van der Waals surface area contributed by atoms with Crippen LogP contribution >= 0.6 is 0 Å². The van der Waals surface area contributed by atoms with E-state index in [-0.39, 0.29) is 12.8 Å². The van der Waals surface area contributed by atoms with Crippen molar-refractivity contribution in [3.8, 4) is 0 Å². The molecular formula is C8H8FN3O4. The maximum absolute atomic E-state index is 13.5. The lowest BCUT2D eigenvalue weighted by atomic mass is 10.1. The fourth-order valence-electron chi connectivity index (χ4n) is 1.32. The van der Waals surface area contributed by atoms with Gasteiger partial charge < -0.3 is 16.1 Å². The first kappa shape index (κ1) is 10.6. The largest absolute Gasteiger partial charge is 0.476 e. The van der Waals surface area contributed by atoms with Crippen LogP contribution in [0.15, 0.2) is 0 Å². The first-order chi connectivity index (χ1) is 7.37. The van der Waals surface area contributed by atoms with Crippen LogP contribution in [0.4, 0.5) is 4.39 Å². The highest BCUT2D eigenvalue weighted by Crippen LogP contribution is 2.38. The molecular weight excluding hydrogens is 221 g/mol. The quantitative estimate of drug-likeness (QED) is 0.458. The Labute approximate surface area is 88.2 Å². The van der Waals surface area contributed by atoms with Gasteiger partial charge in [-0.05, 0) is 12.8 Å². The zero-order valence-corrected chi connectivity index (χ0v) is 7.97. The van der Waals surface area contributed by atoms with Gasteiger partial charge in [-0.1, -0.05) is 0 Å². The Balaban J connectivity index is 2.49. The number of Topliss-reactive ketones (excluding diaryl/α,β-unsaturated/α-hetero) is 1. The molecule has 0 aliphatic heterocycles. The lowest BCUT2D eigenvalue weighted by Gasteiger charge is -2.05. The topological polar surface area (TPSA) is 118 Å². The first-order valence-electron chi connectivity index (χ1n) is 4.41. The van der Waals surface area contributed by atoms with Crippen LogP contribution < -0.4 is 5.84 Å². The molecule has 1 heterocycles. The molecule has 7 nitrogen and oxygen atoms in total.